The minimum atomic E-state index is -0.164. The largest absolute Gasteiger partial charge is 0.497 e. The van der Waals surface area contributed by atoms with Gasteiger partial charge < -0.3 is 4.74 Å². The van der Waals surface area contributed by atoms with Crippen LogP contribution in [0.5, 0.6) is 5.75 Å². The van der Waals surface area contributed by atoms with Gasteiger partial charge in [-0.25, -0.2) is 9.67 Å². The van der Waals surface area contributed by atoms with Crippen molar-refractivity contribution in [3.8, 4) is 22.6 Å². The Morgan fingerprint density at radius 2 is 1.92 bits per heavy atom. The molecule has 0 aliphatic rings. The van der Waals surface area contributed by atoms with Crippen molar-refractivity contribution in [2.75, 3.05) is 7.11 Å². The number of fused-ring (bicyclic) bond motifs is 1. The van der Waals surface area contributed by atoms with E-state index in [4.69, 9.17) is 16.3 Å². The van der Waals surface area contributed by atoms with Crippen molar-refractivity contribution in [2.45, 2.75) is 0 Å². The first-order chi connectivity index (χ1) is 12.2. The third-order valence-electron chi connectivity index (χ3n) is 4.05. The van der Waals surface area contributed by atoms with Crippen molar-refractivity contribution in [3.05, 3.63) is 76.2 Å². The number of halogens is 1. The molecule has 0 unspecified atom stereocenters. The summed E-state index contributed by atoms with van der Waals surface area (Å²) >= 11 is 5.93. The highest BCUT2D eigenvalue weighted by Crippen LogP contribution is 2.28. The molecule has 0 aliphatic carbocycles. The van der Waals surface area contributed by atoms with E-state index < -0.39 is 0 Å². The van der Waals surface area contributed by atoms with Crippen LogP contribution in [0.1, 0.15) is 0 Å². The third kappa shape index (κ3) is 2.68. The molecule has 25 heavy (non-hydrogen) atoms. The Balaban J connectivity index is 1.95. The number of benzene rings is 2. The van der Waals surface area contributed by atoms with Gasteiger partial charge in [0.05, 0.1) is 18.2 Å². The molecule has 0 saturated heterocycles. The topological polar surface area (TPSA) is 59.9 Å². The first kappa shape index (κ1) is 15.5. The van der Waals surface area contributed by atoms with Crippen LogP contribution in [-0.2, 0) is 0 Å². The van der Waals surface area contributed by atoms with Gasteiger partial charge in [-0.15, -0.1) is 0 Å². The quantitative estimate of drug-likeness (QED) is 0.606. The Hall–Kier alpha value is -3.05. The van der Waals surface area contributed by atoms with E-state index in [-0.39, 0.29) is 5.56 Å². The molecule has 4 aromatic rings. The SMILES string of the molecule is COc1cccc(-c2ccnc3[nH]n(-c4ccc(Cl)cc4)c(=O)c23)c1. The van der Waals surface area contributed by atoms with E-state index in [1.165, 1.54) is 4.68 Å². The number of aromatic amines is 1. The fourth-order valence-electron chi connectivity index (χ4n) is 2.83. The summed E-state index contributed by atoms with van der Waals surface area (Å²) in [5, 5.41) is 4.20. The molecular formula is C19H14ClN3O2. The van der Waals surface area contributed by atoms with Gasteiger partial charge in [-0.05, 0) is 53.6 Å². The standard InChI is InChI=1S/C19H14ClN3O2/c1-25-15-4-2-3-12(11-15)16-9-10-21-18-17(16)19(24)23(22-18)14-7-5-13(20)6-8-14/h2-11H,1H3,(H,21,22). The van der Waals surface area contributed by atoms with Gasteiger partial charge >= 0.3 is 0 Å². The maximum absolute atomic E-state index is 13.0. The van der Waals surface area contributed by atoms with Crippen molar-refractivity contribution in [1.82, 2.24) is 14.8 Å². The van der Waals surface area contributed by atoms with Crippen molar-refractivity contribution >= 4 is 22.6 Å². The van der Waals surface area contributed by atoms with Crippen molar-refractivity contribution in [1.29, 1.82) is 0 Å². The predicted octanol–water partition coefficient (Wildman–Crippen LogP) is 4.04. The molecule has 0 spiro atoms. The molecule has 2 aromatic carbocycles. The third-order valence-corrected chi connectivity index (χ3v) is 4.30. The molecule has 6 heteroatoms. The zero-order valence-electron chi connectivity index (χ0n) is 13.4. The lowest BCUT2D eigenvalue weighted by Crippen LogP contribution is -2.14. The van der Waals surface area contributed by atoms with Gasteiger partial charge in [0.1, 0.15) is 5.75 Å². The van der Waals surface area contributed by atoms with Crippen LogP contribution in [0, 0.1) is 0 Å². The molecule has 0 amide bonds. The highest BCUT2D eigenvalue weighted by atomic mass is 35.5. The first-order valence-corrected chi connectivity index (χ1v) is 8.05. The highest BCUT2D eigenvalue weighted by Gasteiger charge is 2.14. The minimum absolute atomic E-state index is 0.164. The summed E-state index contributed by atoms with van der Waals surface area (Å²) in [5.74, 6) is 0.732. The minimum Gasteiger partial charge on any atom is -0.497 e. The van der Waals surface area contributed by atoms with Gasteiger partial charge in [0, 0.05) is 11.2 Å². The van der Waals surface area contributed by atoms with Crippen LogP contribution in [0.3, 0.4) is 0 Å². The Morgan fingerprint density at radius 3 is 2.68 bits per heavy atom. The Kier molecular flexibility index (Phi) is 3.78. The molecule has 0 bridgehead atoms. The summed E-state index contributed by atoms with van der Waals surface area (Å²) in [6, 6.07) is 16.5. The van der Waals surface area contributed by atoms with E-state index in [0.717, 1.165) is 16.9 Å². The molecule has 0 aliphatic heterocycles. The van der Waals surface area contributed by atoms with Gasteiger partial charge in [0.2, 0.25) is 0 Å². The molecule has 4 rings (SSSR count). The molecule has 0 saturated carbocycles. The number of methoxy groups -OCH3 is 1. The molecule has 1 N–H and O–H groups in total. The van der Waals surface area contributed by atoms with E-state index in [2.05, 4.69) is 10.1 Å². The zero-order valence-corrected chi connectivity index (χ0v) is 14.1. The molecule has 0 radical (unpaired) electrons. The van der Waals surface area contributed by atoms with E-state index in [1.807, 2.05) is 30.3 Å². The number of pyridine rings is 1. The first-order valence-electron chi connectivity index (χ1n) is 7.67. The van der Waals surface area contributed by atoms with Crippen LogP contribution in [0.15, 0.2) is 65.6 Å². The number of nitrogens with zero attached hydrogens (tertiary/aromatic N) is 2. The molecule has 2 aromatic heterocycles. The Labute approximate surface area is 148 Å². The van der Waals surface area contributed by atoms with Gasteiger partial charge in [0.15, 0.2) is 5.65 Å². The number of rotatable bonds is 3. The average molecular weight is 352 g/mol. The summed E-state index contributed by atoms with van der Waals surface area (Å²) in [4.78, 5) is 17.3. The van der Waals surface area contributed by atoms with Crippen LogP contribution >= 0.6 is 11.6 Å². The number of hydrogen-bond donors (Lipinski definition) is 1. The number of H-pyrrole nitrogens is 1. The fourth-order valence-corrected chi connectivity index (χ4v) is 2.96. The van der Waals surface area contributed by atoms with Crippen molar-refractivity contribution in [2.24, 2.45) is 0 Å². The maximum atomic E-state index is 13.0. The summed E-state index contributed by atoms with van der Waals surface area (Å²) < 4.78 is 6.76. The van der Waals surface area contributed by atoms with Crippen molar-refractivity contribution < 1.29 is 4.74 Å². The van der Waals surface area contributed by atoms with Gasteiger partial charge in [-0.3, -0.25) is 9.89 Å². The molecule has 0 atom stereocenters. The normalized spacial score (nSPS) is 11.0. The number of hydrogen-bond acceptors (Lipinski definition) is 3. The van der Waals surface area contributed by atoms with E-state index in [0.29, 0.717) is 21.7 Å². The Morgan fingerprint density at radius 1 is 1.12 bits per heavy atom. The second-order valence-corrected chi connectivity index (χ2v) is 5.98. The predicted molar refractivity (Wildman–Crippen MR) is 98.7 cm³/mol. The monoisotopic (exact) mass is 351 g/mol. The van der Waals surface area contributed by atoms with E-state index in [9.17, 15) is 4.79 Å². The summed E-state index contributed by atoms with van der Waals surface area (Å²) in [7, 11) is 1.62. The van der Waals surface area contributed by atoms with Crippen LogP contribution in [0.2, 0.25) is 5.02 Å². The fraction of sp³-hybridized carbons (Fsp3) is 0.0526. The lowest BCUT2D eigenvalue weighted by molar-refractivity contribution is 0.415. The summed E-state index contributed by atoms with van der Waals surface area (Å²) in [6.07, 6.45) is 1.68. The van der Waals surface area contributed by atoms with Crippen LogP contribution in [0.4, 0.5) is 0 Å². The zero-order chi connectivity index (χ0) is 17.4. The average Bonchev–Trinajstić information content (AvgIpc) is 2.99. The molecule has 5 nitrogen and oxygen atoms in total. The second-order valence-electron chi connectivity index (χ2n) is 5.54. The second kappa shape index (κ2) is 6.11. The summed E-state index contributed by atoms with van der Waals surface area (Å²) in [5.41, 5.74) is 2.76. The van der Waals surface area contributed by atoms with E-state index >= 15 is 0 Å². The van der Waals surface area contributed by atoms with E-state index in [1.54, 1.807) is 37.6 Å². The number of nitrogens with one attached hydrogen (secondary N) is 1. The van der Waals surface area contributed by atoms with Crippen molar-refractivity contribution in [3.63, 3.8) is 0 Å². The highest BCUT2D eigenvalue weighted by molar-refractivity contribution is 6.30. The van der Waals surface area contributed by atoms with Gasteiger partial charge in [0.25, 0.3) is 5.56 Å². The molecule has 2 heterocycles. The maximum Gasteiger partial charge on any atom is 0.281 e. The van der Waals surface area contributed by atoms with Crippen LogP contribution < -0.4 is 10.3 Å². The van der Waals surface area contributed by atoms with Gasteiger partial charge in [-0.1, -0.05) is 23.7 Å². The molecular weight excluding hydrogens is 338 g/mol. The molecule has 124 valence electrons. The number of aromatic nitrogens is 3. The van der Waals surface area contributed by atoms with Crippen LogP contribution in [-0.4, -0.2) is 21.9 Å². The Bertz CT molecular complexity index is 1110. The van der Waals surface area contributed by atoms with Crippen LogP contribution in [0.25, 0.3) is 27.8 Å². The smallest absolute Gasteiger partial charge is 0.281 e. The summed E-state index contributed by atoms with van der Waals surface area (Å²) in [6.45, 7) is 0. The number of ether oxygens (including phenoxy) is 1. The molecule has 0 fully saturated rings. The lowest BCUT2D eigenvalue weighted by atomic mass is 10.0. The lowest BCUT2D eigenvalue weighted by Gasteiger charge is -2.05. The van der Waals surface area contributed by atoms with Gasteiger partial charge in [-0.2, -0.15) is 0 Å².